The van der Waals surface area contributed by atoms with E-state index >= 15 is 0 Å². The fraction of sp³-hybridized carbons (Fsp3) is 0.444. The molecule has 0 bridgehead atoms. The summed E-state index contributed by atoms with van der Waals surface area (Å²) >= 11 is 6.41. The molecule has 1 aliphatic carbocycles. The van der Waals surface area contributed by atoms with Gasteiger partial charge in [0.05, 0.1) is 35.2 Å². The Morgan fingerprint density at radius 1 is 1.35 bits per heavy atom. The number of nitrogens with one attached hydrogen (secondary N) is 2. The van der Waals surface area contributed by atoms with E-state index in [1.165, 1.54) is 19.1 Å². The summed E-state index contributed by atoms with van der Waals surface area (Å²) in [7, 11) is 0. The minimum atomic E-state index is -1.07. The molecule has 2 aromatic rings. The van der Waals surface area contributed by atoms with Crippen LogP contribution >= 0.6 is 11.6 Å². The van der Waals surface area contributed by atoms with Crippen LogP contribution in [-0.2, 0) is 0 Å². The number of piperidine rings is 1. The molecule has 4 N–H and O–H groups in total. The highest BCUT2D eigenvalue weighted by molar-refractivity contribution is 6.33. The van der Waals surface area contributed by atoms with Crippen LogP contribution in [0.4, 0.5) is 21.5 Å². The molecular weight excluding hydrogens is 355 g/mol. The lowest BCUT2D eigenvalue weighted by atomic mass is 10.0. The first-order valence-electron chi connectivity index (χ1n) is 8.85. The van der Waals surface area contributed by atoms with Crippen molar-refractivity contribution in [2.24, 2.45) is 5.73 Å². The molecule has 2 atom stereocenters. The maximum absolute atomic E-state index is 14.0. The molecular formula is C18H22ClFN6. The van der Waals surface area contributed by atoms with Crippen molar-refractivity contribution in [1.82, 2.24) is 9.78 Å². The number of nitrogens with two attached hydrogens (primary N) is 1. The van der Waals surface area contributed by atoms with Gasteiger partial charge in [0.15, 0.2) is 0 Å². The van der Waals surface area contributed by atoms with E-state index in [4.69, 9.17) is 22.7 Å². The number of anilines is 3. The number of aromatic nitrogens is 2. The molecule has 1 saturated carbocycles. The van der Waals surface area contributed by atoms with Crippen molar-refractivity contribution < 1.29 is 4.39 Å². The number of alkyl halides is 1. The Kier molecular flexibility index (Phi) is 4.58. The third-order valence-electron chi connectivity index (χ3n) is 5.01. The third-order valence-corrected chi connectivity index (χ3v) is 5.31. The highest BCUT2D eigenvalue weighted by Gasteiger charge is 2.28. The predicted octanol–water partition coefficient (Wildman–Crippen LogP) is 3.49. The minimum Gasteiger partial charge on any atom is -0.367 e. The number of halogens is 2. The van der Waals surface area contributed by atoms with E-state index in [-0.39, 0.29) is 6.54 Å². The molecule has 2 fully saturated rings. The van der Waals surface area contributed by atoms with E-state index in [0.717, 1.165) is 17.1 Å². The van der Waals surface area contributed by atoms with Gasteiger partial charge in [0.2, 0.25) is 0 Å². The molecule has 1 saturated heterocycles. The molecule has 2 heterocycles. The summed E-state index contributed by atoms with van der Waals surface area (Å²) in [5, 5.41) is 15.9. The molecule has 1 aliphatic heterocycles. The van der Waals surface area contributed by atoms with Crippen LogP contribution in [0, 0.1) is 5.41 Å². The molecule has 138 valence electrons. The minimum absolute atomic E-state index is 0.226. The summed E-state index contributed by atoms with van der Waals surface area (Å²) < 4.78 is 16.0. The van der Waals surface area contributed by atoms with Crippen LogP contribution in [0.25, 0.3) is 0 Å². The highest BCUT2D eigenvalue weighted by Crippen LogP contribution is 2.37. The first-order chi connectivity index (χ1) is 12.5. The second kappa shape index (κ2) is 6.89. The van der Waals surface area contributed by atoms with Gasteiger partial charge in [0, 0.05) is 36.2 Å². The standard InChI is InChI=1S/C18H22ClFN6/c19-14-5-11(7-21)17(24-12-8-23-26(9-12)13-1-2-13)6-18(14)25-4-3-16(22)15(20)10-25/h5-9,13,15-16,21,24H,1-4,10,22H2/t15-,16+/m0/s1. The van der Waals surface area contributed by atoms with Gasteiger partial charge in [0.25, 0.3) is 0 Å². The number of rotatable bonds is 5. The molecule has 0 radical (unpaired) electrons. The zero-order valence-electron chi connectivity index (χ0n) is 14.3. The number of hydrogen-bond donors (Lipinski definition) is 3. The van der Waals surface area contributed by atoms with E-state index in [2.05, 4.69) is 10.4 Å². The normalized spacial score (nSPS) is 23.1. The smallest absolute Gasteiger partial charge is 0.133 e. The van der Waals surface area contributed by atoms with E-state index in [1.54, 1.807) is 12.3 Å². The Hall–Kier alpha value is -2.12. The summed E-state index contributed by atoms with van der Waals surface area (Å²) in [5.74, 6) is 0. The van der Waals surface area contributed by atoms with Crippen LogP contribution in [0.3, 0.4) is 0 Å². The fourth-order valence-corrected chi connectivity index (χ4v) is 3.58. The quantitative estimate of drug-likeness (QED) is 0.697. The summed E-state index contributed by atoms with van der Waals surface area (Å²) in [6.07, 6.45) is 6.85. The summed E-state index contributed by atoms with van der Waals surface area (Å²) in [6.45, 7) is 0.883. The zero-order chi connectivity index (χ0) is 18.3. The van der Waals surface area contributed by atoms with Gasteiger partial charge in [-0.15, -0.1) is 0 Å². The molecule has 4 rings (SSSR count). The molecule has 0 spiro atoms. The lowest BCUT2D eigenvalue weighted by molar-refractivity contribution is 0.251. The van der Waals surface area contributed by atoms with Crippen molar-refractivity contribution in [3.63, 3.8) is 0 Å². The summed E-state index contributed by atoms with van der Waals surface area (Å²) in [4.78, 5) is 1.92. The van der Waals surface area contributed by atoms with Crippen LogP contribution in [0.15, 0.2) is 24.5 Å². The van der Waals surface area contributed by atoms with E-state index in [9.17, 15) is 4.39 Å². The van der Waals surface area contributed by atoms with Gasteiger partial charge in [-0.1, -0.05) is 11.6 Å². The van der Waals surface area contributed by atoms with Crippen molar-refractivity contribution in [1.29, 1.82) is 5.41 Å². The molecule has 1 aromatic heterocycles. The second-order valence-corrected chi connectivity index (χ2v) is 7.42. The summed E-state index contributed by atoms with van der Waals surface area (Å²) in [6, 6.07) is 3.70. The Balaban J connectivity index is 1.61. The maximum atomic E-state index is 14.0. The largest absolute Gasteiger partial charge is 0.367 e. The van der Waals surface area contributed by atoms with E-state index in [1.807, 2.05) is 21.8 Å². The van der Waals surface area contributed by atoms with Crippen molar-refractivity contribution in [3.05, 3.63) is 35.1 Å². The molecule has 26 heavy (non-hydrogen) atoms. The topological polar surface area (TPSA) is 83.0 Å². The van der Waals surface area contributed by atoms with Gasteiger partial charge in [0.1, 0.15) is 6.17 Å². The number of benzene rings is 1. The monoisotopic (exact) mass is 376 g/mol. The average molecular weight is 377 g/mol. The Labute approximate surface area is 156 Å². The van der Waals surface area contributed by atoms with Crippen molar-refractivity contribution in [3.8, 4) is 0 Å². The maximum Gasteiger partial charge on any atom is 0.133 e. The number of hydrogen-bond acceptors (Lipinski definition) is 5. The van der Waals surface area contributed by atoms with E-state index < -0.39 is 12.2 Å². The summed E-state index contributed by atoms with van der Waals surface area (Å²) in [5.41, 5.74) is 8.81. The predicted molar refractivity (Wildman–Crippen MR) is 103 cm³/mol. The lowest BCUT2D eigenvalue weighted by Crippen LogP contribution is -2.48. The van der Waals surface area contributed by atoms with Crippen molar-refractivity contribution >= 4 is 34.9 Å². The first-order valence-corrected chi connectivity index (χ1v) is 9.22. The second-order valence-electron chi connectivity index (χ2n) is 7.01. The average Bonchev–Trinajstić information content (AvgIpc) is 3.38. The lowest BCUT2D eigenvalue weighted by Gasteiger charge is -2.35. The van der Waals surface area contributed by atoms with Crippen molar-refractivity contribution in [2.45, 2.75) is 37.5 Å². The highest BCUT2D eigenvalue weighted by atomic mass is 35.5. The Bertz CT molecular complexity index is 818. The zero-order valence-corrected chi connectivity index (χ0v) is 15.1. The Morgan fingerprint density at radius 3 is 2.85 bits per heavy atom. The number of nitrogens with zero attached hydrogens (tertiary/aromatic N) is 3. The fourth-order valence-electron chi connectivity index (χ4n) is 3.29. The Morgan fingerprint density at radius 2 is 2.15 bits per heavy atom. The molecule has 0 unspecified atom stereocenters. The molecule has 2 aliphatic rings. The van der Waals surface area contributed by atoms with Crippen molar-refractivity contribution in [2.75, 3.05) is 23.3 Å². The van der Waals surface area contributed by atoms with Gasteiger partial charge in [-0.25, -0.2) is 4.39 Å². The molecule has 0 amide bonds. The van der Waals surface area contributed by atoms with Crippen LogP contribution < -0.4 is 16.0 Å². The first kappa shape index (κ1) is 17.3. The SMILES string of the molecule is N=Cc1cc(Cl)c(N2CC[C@@H](N)[C@@H](F)C2)cc1Nc1cnn(C2CC2)c1. The van der Waals surface area contributed by atoms with Gasteiger partial charge in [-0.05, 0) is 31.4 Å². The molecule has 8 heteroatoms. The van der Waals surface area contributed by atoms with Crippen LogP contribution in [0.1, 0.15) is 30.9 Å². The van der Waals surface area contributed by atoms with Crippen LogP contribution in [0.5, 0.6) is 0 Å². The van der Waals surface area contributed by atoms with Crippen LogP contribution in [0.2, 0.25) is 5.02 Å². The van der Waals surface area contributed by atoms with Gasteiger partial charge in [-0.2, -0.15) is 5.10 Å². The molecule has 1 aromatic carbocycles. The van der Waals surface area contributed by atoms with Gasteiger partial charge in [-0.3, -0.25) is 4.68 Å². The van der Waals surface area contributed by atoms with E-state index in [0.29, 0.717) is 29.6 Å². The van der Waals surface area contributed by atoms with Gasteiger partial charge >= 0.3 is 0 Å². The van der Waals surface area contributed by atoms with Gasteiger partial charge < -0.3 is 21.4 Å². The third kappa shape index (κ3) is 3.41. The molecule has 6 nitrogen and oxygen atoms in total. The van der Waals surface area contributed by atoms with Crippen LogP contribution in [-0.4, -0.2) is 41.3 Å².